The van der Waals surface area contributed by atoms with E-state index in [2.05, 4.69) is 37.9 Å². The normalized spacial score (nSPS) is 47.4. The summed E-state index contributed by atoms with van der Waals surface area (Å²) in [6.45, 7) is 12.3. The Labute approximate surface area is 125 Å². The summed E-state index contributed by atoms with van der Waals surface area (Å²) in [7, 11) is 0. The van der Waals surface area contributed by atoms with E-state index in [9.17, 15) is 0 Å². The Kier molecular flexibility index (Phi) is 4.16. The summed E-state index contributed by atoms with van der Waals surface area (Å²) < 4.78 is 0. The van der Waals surface area contributed by atoms with Gasteiger partial charge in [-0.3, -0.25) is 4.90 Å². The predicted octanol–water partition coefficient (Wildman–Crippen LogP) is 3.66. The first-order valence-corrected chi connectivity index (χ1v) is 9.04. The van der Waals surface area contributed by atoms with E-state index >= 15 is 0 Å². The van der Waals surface area contributed by atoms with Crippen LogP contribution in [0.2, 0.25) is 0 Å². The summed E-state index contributed by atoms with van der Waals surface area (Å²) in [5.41, 5.74) is 0.397. The highest BCUT2D eigenvalue weighted by atomic mass is 15.3. The number of nitrogens with one attached hydrogen (secondary N) is 1. The van der Waals surface area contributed by atoms with Gasteiger partial charge in [0, 0.05) is 30.7 Å². The third-order valence-corrected chi connectivity index (χ3v) is 6.48. The summed E-state index contributed by atoms with van der Waals surface area (Å²) in [5.74, 6) is 2.77. The van der Waals surface area contributed by atoms with Gasteiger partial charge in [-0.1, -0.05) is 20.8 Å². The number of rotatable bonds is 3. The van der Waals surface area contributed by atoms with Crippen molar-refractivity contribution in [3.8, 4) is 0 Å². The van der Waals surface area contributed by atoms with E-state index in [-0.39, 0.29) is 0 Å². The average molecular weight is 278 g/mol. The first-order chi connectivity index (χ1) is 9.53. The first kappa shape index (κ1) is 14.8. The number of hydrogen-bond acceptors (Lipinski definition) is 2. The lowest BCUT2D eigenvalue weighted by molar-refractivity contribution is -0.00347. The zero-order chi connectivity index (χ0) is 14.3. The lowest BCUT2D eigenvalue weighted by atomic mass is 9.77. The van der Waals surface area contributed by atoms with Crippen molar-refractivity contribution >= 4 is 0 Å². The lowest BCUT2D eigenvalue weighted by Gasteiger charge is -2.52. The molecule has 2 saturated carbocycles. The number of piperazine rings is 1. The molecule has 0 spiro atoms. The summed E-state index contributed by atoms with van der Waals surface area (Å²) in [6, 6.07) is 1.61. The average Bonchev–Trinajstić information content (AvgIpc) is 3.23. The zero-order valence-electron chi connectivity index (χ0n) is 14.0. The van der Waals surface area contributed by atoms with Crippen molar-refractivity contribution in [2.45, 2.75) is 83.8 Å². The van der Waals surface area contributed by atoms with Crippen LogP contribution in [0.25, 0.3) is 0 Å². The highest BCUT2D eigenvalue weighted by Gasteiger charge is 2.47. The highest BCUT2D eigenvalue weighted by Crippen LogP contribution is 2.43. The van der Waals surface area contributed by atoms with Gasteiger partial charge in [0.05, 0.1) is 0 Å². The maximum absolute atomic E-state index is 3.91. The van der Waals surface area contributed by atoms with E-state index in [1.54, 1.807) is 0 Å². The van der Waals surface area contributed by atoms with Crippen molar-refractivity contribution in [1.82, 2.24) is 10.2 Å². The molecule has 5 unspecified atom stereocenters. The Morgan fingerprint density at radius 3 is 2.50 bits per heavy atom. The van der Waals surface area contributed by atoms with Crippen LogP contribution >= 0.6 is 0 Å². The van der Waals surface area contributed by atoms with E-state index in [0.717, 1.165) is 29.8 Å². The Balaban J connectivity index is 1.73. The smallest absolute Gasteiger partial charge is 0.0309 e. The molecular weight excluding hydrogens is 244 g/mol. The van der Waals surface area contributed by atoms with Crippen LogP contribution in [0.1, 0.15) is 66.2 Å². The SMILES string of the molecule is CCC1CNC(C)(C2CC2)CN1C1CCC(C)CC1C. The zero-order valence-corrected chi connectivity index (χ0v) is 14.0. The number of hydrogen-bond donors (Lipinski definition) is 1. The molecule has 1 heterocycles. The minimum absolute atomic E-state index is 0.397. The Morgan fingerprint density at radius 2 is 1.90 bits per heavy atom. The van der Waals surface area contributed by atoms with Crippen LogP contribution in [-0.4, -0.2) is 35.6 Å². The highest BCUT2D eigenvalue weighted by molar-refractivity contribution is 5.05. The molecule has 0 aromatic heterocycles. The van der Waals surface area contributed by atoms with Gasteiger partial charge in [-0.05, 0) is 63.2 Å². The Bertz CT molecular complexity index is 338. The van der Waals surface area contributed by atoms with Crippen molar-refractivity contribution in [3.63, 3.8) is 0 Å². The monoisotopic (exact) mass is 278 g/mol. The fourth-order valence-corrected chi connectivity index (χ4v) is 4.94. The summed E-state index contributed by atoms with van der Waals surface area (Å²) in [4.78, 5) is 2.92. The van der Waals surface area contributed by atoms with E-state index in [0.29, 0.717) is 5.54 Å². The molecule has 0 aromatic rings. The second-order valence-electron chi connectivity index (χ2n) is 8.27. The Morgan fingerprint density at radius 1 is 1.15 bits per heavy atom. The van der Waals surface area contributed by atoms with Gasteiger partial charge in [-0.15, -0.1) is 0 Å². The maximum Gasteiger partial charge on any atom is 0.0309 e. The van der Waals surface area contributed by atoms with Crippen LogP contribution in [0.15, 0.2) is 0 Å². The van der Waals surface area contributed by atoms with E-state index in [1.807, 2.05) is 0 Å². The molecule has 0 bridgehead atoms. The van der Waals surface area contributed by atoms with Gasteiger partial charge < -0.3 is 5.32 Å². The first-order valence-electron chi connectivity index (χ1n) is 9.04. The van der Waals surface area contributed by atoms with Crippen LogP contribution in [0.5, 0.6) is 0 Å². The minimum Gasteiger partial charge on any atom is -0.308 e. The molecule has 0 radical (unpaired) electrons. The van der Waals surface area contributed by atoms with Gasteiger partial charge in [-0.2, -0.15) is 0 Å². The predicted molar refractivity (Wildman–Crippen MR) is 85.9 cm³/mol. The van der Waals surface area contributed by atoms with Crippen LogP contribution in [-0.2, 0) is 0 Å². The largest absolute Gasteiger partial charge is 0.308 e. The molecule has 1 N–H and O–H groups in total. The van der Waals surface area contributed by atoms with Gasteiger partial charge in [0.2, 0.25) is 0 Å². The minimum atomic E-state index is 0.397. The molecule has 116 valence electrons. The molecule has 1 saturated heterocycles. The van der Waals surface area contributed by atoms with E-state index in [4.69, 9.17) is 0 Å². The fourth-order valence-electron chi connectivity index (χ4n) is 4.94. The standard InChI is InChI=1S/C18H34N2/c1-5-16-11-19-18(4,15-7-8-15)12-20(16)17-9-6-13(2)10-14(17)3/h13-17,19H,5-12H2,1-4H3. The molecule has 0 amide bonds. The van der Waals surface area contributed by atoms with Crippen molar-refractivity contribution in [1.29, 1.82) is 0 Å². The molecule has 3 aliphatic rings. The van der Waals surface area contributed by atoms with Crippen molar-refractivity contribution in [3.05, 3.63) is 0 Å². The van der Waals surface area contributed by atoms with Crippen LogP contribution < -0.4 is 5.32 Å². The summed E-state index contributed by atoms with van der Waals surface area (Å²) in [6.07, 6.45) is 8.50. The molecule has 2 heteroatoms. The quantitative estimate of drug-likeness (QED) is 0.847. The Hall–Kier alpha value is -0.0800. The second-order valence-corrected chi connectivity index (χ2v) is 8.27. The topological polar surface area (TPSA) is 15.3 Å². The molecule has 5 atom stereocenters. The van der Waals surface area contributed by atoms with E-state index in [1.165, 1.54) is 51.6 Å². The van der Waals surface area contributed by atoms with Crippen LogP contribution in [0.4, 0.5) is 0 Å². The van der Waals surface area contributed by atoms with Gasteiger partial charge in [-0.25, -0.2) is 0 Å². The molecule has 20 heavy (non-hydrogen) atoms. The van der Waals surface area contributed by atoms with Crippen LogP contribution in [0.3, 0.4) is 0 Å². The van der Waals surface area contributed by atoms with Crippen molar-refractivity contribution < 1.29 is 0 Å². The van der Waals surface area contributed by atoms with Crippen molar-refractivity contribution in [2.75, 3.05) is 13.1 Å². The van der Waals surface area contributed by atoms with Gasteiger partial charge >= 0.3 is 0 Å². The third kappa shape index (κ3) is 2.78. The molecule has 2 aliphatic carbocycles. The van der Waals surface area contributed by atoms with Gasteiger partial charge in [0.25, 0.3) is 0 Å². The molecule has 3 fully saturated rings. The molecule has 0 aromatic carbocycles. The number of nitrogens with zero attached hydrogens (tertiary/aromatic N) is 1. The summed E-state index contributed by atoms with van der Waals surface area (Å²) in [5, 5.41) is 3.91. The maximum atomic E-state index is 3.91. The van der Waals surface area contributed by atoms with Gasteiger partial charge in [0.15, 0.2) is 0 Å². The van der Waals surface area contributed by atoms with Crippen LogP contribution in [0, 0.1) is 17.8 Å². The fraction of sp³-hybridized carbons (Fsp3) is 1.00. The van der Waals surface area contributed by atoms with Crippen molar-refractivity contribution in [2.24, 2.45) is 17.8 Å². The van der Waals surface area contributed by atoms with E-state index < -0.39 is 0 Å². The summed E-state index contributed by atoms with van der Waals surface area (Å²) >= 11 is 0. The molecular formula is C18H34N2. The molecule has 3 rings (SSSR count). The second kappa shape index (κ2) is 5.61. The van der Waals surface area contributed by atoms with Gasteiger partial charge in [0.1, 0.15) is 0 Å². The molecule has 2 nitrogen and oxygen atoms in total. The third-order valence-electron chi connectivity index (χ3n) is 6.48. The molecule has 1 aliphatic heterocycles. The lowest BCUT2D eigenvalue weighted by Crippen LogP contribution is -2.66.